The predicted octanol–water partition coefficient (Wildman–Crippen LogP) is 4.57. The first-order chi connectivity index (χ1) is 7.95. The van der Waals surface area contributed by atoms with Crippen molar-refractivity contribution < 1.29 is 23.3 Å². The van der Waals surface area contributed by atoms with E-state index in [0.717, 1.165) is 12.8 Å². The summed E-state index contributed by atoms with van der Waals surface area (Å²) in [5.41, 5.74) is 4.46. The summed E-state index contributed by atoms with van der Waals surface area (Å²) >= 11 is 1.74. The molecule has 0 nitrogen and oxygen atoms in total. The quantitative estimate of drug-likeness (QED) is 0.453. The van der Waals surface area contributed by atoms with E-state index >= 15 is 0 Å². The van der Waals surface area contributed by atoms with Gasteiger partial charge in [0.25, 0.3) is 0 Å². The Labute approximate surface area is 122 Å². The van der Waals surface area contributed by atoms with E-state index in [4.69, 9.17) is 0 Å². The van der Waals surface area contributed by atoms with Crippen molar-refractivity contribution in [2.45, 2.75) is 46.7 Å². The Morgan fingerprint density at radius 2 is 1.82 bits per heavy atom. The molecular formula is C15H22SiZr. The molecule has 0 aromatic rings. The minimum Gasteiger partial charge on any atom is -0.273 e. The normalized spacial score (nSPS) is 16.1. The summed E-state index contributed by atoms with van der Waals surface area (Å²) in [6, 6.07) is 0. The number of rotatable bonds is 0. The van der Waals surface area contributed by atoms with Crippen LogP contribution in [0.5, 0.6) is 0 Å². The monoisotopic (exact) mass is 320 g/mol. The SMILES string of the molecule is CC1=[C-]CC(C)=C1C.C[Si](C)=[Zr+2].[C-]1=CC=CC1. The van der Waals surface area contributed by atoms with Crippen molar-refractivity contribution in [3.05, 3.63) is 47.1 Å². The molecule has 0 unspecified atom stereocenters. The molecule has 0 atom stereocenters. The van der Waals surface area contributed by atoms with Crippen LogP contribution in [0.15, 0.2) is 34.9 Å². The van der Waals surface area contributed by atoms with Gasteiger partial charge in [0.05, 0.1) is 0 Å². The first-order valence-corrected chi connectivity index (χ1v) is 12.1. The molecule has 0 aromatic heterocycles. The maximum absolute atomic E-state index is 3.26. The van der Waals surface area contributed by atoms with E-state index in [-0.39, 0.29) is 5.43 Å². The van der Waals surface area contributed by atoms with E-state index in [1.807, 2.05) is 12.2 Å². The minimum absolute atomic E-state index is 0.210. The molecule has 2 rings (SSSR count). The molecule has 17 heavy (non-hydrogen) atoms. The van der Waals surface area contributed by atoms with Crippen LogP contribution in [-0.2, 0) is 23.3 Å². The summed E-state index contributed by atoms with van der Waals surface area (Å²) in [5.74, 6) is 0. The Balaban J connectivity index is 0.000000246. The summed E-state index contributed by atoms with van der Waals surface area (Å²) in [5, 5.41) is 0. The van der Waals surface area contributed by atoms with Crippen LogP contribution in [0, 0.1) is 12.2 Å². The predicted molar refractivity (Wildman–Crippen MR) is 74.5 cm³/mol. The average molecular weight is 322 g/mol. The molecule has 90 valence electrons. The van der Waals surface area contributed by atoms with Crippen molar-refractivity contribution in [2.24, 2.45) is 0 Å². The molecule has 0 N–H and O–H groups in total. The maximum atomic E-state index is 3.26. The summed E-state index contributed by atoms with van der Waals surface area (Å²) in [7, 11) is 0. The molecule has 2 aliphatic carbocycles. The van der Waals surface area contributed by atoms with Gasteiger partial charge in [0.1, 0.15) is 0 Å². The molecule has 0 saturated heterocycles. The van der Waals surface area contributed by atoms with Crippen LogP contribution in [0.1, 0.15) is 33.6 Å². The second kappa shape index (κ2) is 10.0. The first kappa shape index (κ1) is 17.1. The summed E-state index contributed by atoms with van der Waals surface area (Å²) in [6.07, 6.45) is 14.3. The van der Waals surface area contributed by atoms with E-state index in [0.29, 0.717) is 0 Å². The van der Waals surface area contributed by atoms with Gasteiger partial charge in [0.2, 0.25) is 0 Å². The molecule has 0 amide bonds. The molecule has 2 heteroatoms. The molecule has 0 spiro atoms. The van der Waals surface area contributed by atoms with Gasteiger partial charge in [-0.25, -0.2) is 17.7 Å². The van der Waals surface area contributed by atoms with E-state index in [9.17, 15) is 0 Å². The third kappa shape index (κ3) is 9.73. The van der Waals surface area contributed by atoms with Crippen LogP contribution >= 0.6 is 0 Å². The maximum Gasteiger partial charge on any atom is -0.109 e. The van der Waals surface area contributed by atoms with Crippen LogP contribution < -0.4 is 0 Å². The van der Waals surface area contributed by atoms with Crippen molar-refractivity contribution in [1.29, 1.82) is 0 Å². The Hall–Kier alpha value is 0.0600. The summed E-state index contributed by atoms with van der Waals surface area (Å²) in [6.45, 7) is 11.1. The molecule has 0 aromatic carbocycles. The number of hydrogen-bond acceptors (Lipinski definition) is 0. The standard InChI is InChI=1S/C8H11.C5H5.C2H6Si.Zr/c1-6-4-5-7(2)8(6)3;1-2-4-5-3-1;1-3-2;/h4H2,1-3H3;1-3H,4H2;1-2H3;/q2*-1;;+2. The van der Waals surface area contributed by atoms with Crippen LogP contribution in [0.3, 0.4) is 0 Å². The fourth-order valence-corrected chi connectivity index (χ4v) is 1.19. The van der Waals surface area contributed by atoms with Crippen LogP contribution in [0.2, 0.25) is 13.1 Å². The number of hydrogen-bond donors (Lipinski definition) is 0. The Kier molecular flexibility index (Phi) is 10.1. The van der Waals surface area contributed by atoms with Crippen LogP contribution in [-0.4, -0.2) is 5.43 Å². The average Bonchev–Trinajstić information content (AvgIpc) is 2.88. The molecule has 0 heterocycles. The van der Waals surface area contributed by atoms with E-state index in [1.54, 1.807) is 23.3 Å². The summed E-state index contributed by atoms with van der Waals surface area (Å²) in [4.78, 5) is 0. The second-order valence-corrected chi connectivity index (χ2v) is 13.8. The summed E-state index contributed by atoms with van der Waals surface area (Å²) < 4.78 is 0. The van der Waals surface area contributed by atoms with Gasteiger partial charge in [-0.3, -0.25) is 12.2 Å². The van der Waals surface area contributed by atoms with E-state index in [2.05, 4.69) is 52.1 Å². The molecular weight excluding hydrogens is 299 g/mol. The van der Waals surface area contributed by atoms with Crippen LogP contribution in [0.4, 0.5) is 0 Å². The fraction of sp³-hybridized carbons (Fsp3) is 0.467. The van der Waals surface area contributed by atoms with Gasteiger partial charge in [-0.2, -0.15) is 17.2 Å². The third-order valence-corrected chi connectivity index (χ3v) is 2.41. The number of allylic oxidation sites excluding steroid dienone is 8. The van der Waals surface area contributed by atoms with Crippen molar-refractivity contribution in [2.75, 3.05) is 0 Å². The van der Waals surface area contributed by atoms with Gasteiger partial charge in [-0.05, 0) is 0 Å². The van der Waals surface area contributed by atoms with Gasteiger partial charge in [0, 0.05) is 0 Å². The Bertz CT molecular complexity index is 351. The van der Waals surface area contributed by atoms with Crippen molar-refractivity contribution >= 4 is 5.43 Å². The smallest absolute Gasteiger partial charge is 0.109 e. The van der Waals surface area contributed by atoms with Crippen molar-refractivity contribution in [3.8, 4) is 0 Å². The van der Waals surface area contributed by atoms with E-state index < -0.39 is 0 Å². The minimum atomic E-state index is 0.210. The van der Waals surface area contributed by atoms with Gasteiger partial charge >= 0.3 is 41.9 Å². The zero-order valence-electron chi connectivity index (χ0n) is 11.6. The topological polar surface area (TPSA) is 0 Å². The van der Waals surface area contributed by atoms with Crippen molar-refractivity contribution in [3.63, 3.8) is 0 Å². The van der Waals surface area contributed by atoms with Gasteiger partial charge in [0.15, 0.2) is 0 Å². The van der Waals surface area contributed by atoms with Gasteiger partial charge < -0.3 is 0 Å². The molecule has 2 aliphatic rings. The van der Waals surface area contributed by atoms with Crippen molar-refractivity contribution in [1.82, 2.24) is 0 Å². The van der Waals surface area contributed by atoms with Gasteiger partial charge in [-0.1, -0.05) is 13.8 Å². The zero-order chi connectivity index (χ0) is 13.3. The molecule has 0 aliphatic heterocycles. The van der Waals surface area contributed by atoms with Crippen LogP contribution in [0.25, 0.3) is 0 Å². The fourth-order valence-electron chi connectivity index (χ4n) is 1.19. The Morgan fingerprint density at radius 1 is 1.24 bits per heavy atom. The Morgan fingerprint density at radius 3 is 1.94 bits per heavy atom. The zero-order valence-corrected chi connectivity index (χ0v) is 15.1. The largest absolute Gasteiger partial charge is 0.273 e. The second-order valence-electron chi connectivity index (χ2n) is 4.39. The first-order valence-electron chi connectivity index (χ1n) is 5.92. The molecule has 0 fully saturated rings. The molecule has 0 bridgehead atoms. The molecule has 0 saturated carbocycles. The van der Waals surface area contributed by atoms with E-state index in [1.165, 1.54) is 16.7 Å². The van der Waals surface area contributed by atoms with Gasteiger partial charge in [-0.15, -0.1) is 19.8 Å². The molecule has 0 radical (unpaired) electrons. The third-order valence-electron chi connectivity index (χ3n) is 2.41.